The summed E-state index contributed by atoms with van der Waals surface area (Å²) in [6.07, 6.45) is 3.50. The van der Waals surface area contributed by atoms with E-state index in [1.54, 1.807) is 12.4 Å². The first-order chi connectivity index (χ1) is 9.11. The van der Waals surface area contributed by atoms with E-state index >= 15 is 0 Å². The summed E-state index contributed by atoms with van der Waals surface area (Å²) in [6, 6.07) is 7.73. The number of nitrogens with zero attached hydrogens (tertiary/aromatic N) is 3. The van der Waals surface area contributed by atoms with Crippen LogP contribution in [0, 0.1) is 0 Å². The lowest BCUT2D eigenvalue weighted by Gasteiger charge is -2.24. The quantitative estimate of drug-likeness (QED) is 0.857. The van der Waals surface area contributed by atoms with Crippen LogP contribution < -0.4 is 10.6 Å². The monoisotopic (exact) mass is 257 g/mol. The van der Waals surface area contributed by atoms with E-state index in [1.807, 2.05) is 31.3 Å². The van der Waals surface area contributed by atoms with Crippen molar-refractivity contribution < 1.29 is 0 Å². The van der Waals surface area contributed by atoms with E-state index in [1.165, 1.54) is 0 Å². The molecule has 5 nitrogen and oxygen atoms in total. The fraction of sp³-hybridized carbons (Fsp3) is 0.357. The fourth-order valence-corrected chi connectivity index (χ4v) is 1.50. The maximum absolute atomic E-state index is 4.21. The number of hydrogen-bond acceptors (Lipinski definition) is 5. The molecule has 2 N–H and O–H groups in total. The van der Waals surface area contributed by atoms with Crippen molar-refractivity contribution in [2.24, 2.45) is 0 Å². The third-order valence-electron chi connectivity index (χ3n) is 3.03. The highest BCUT2D eigenvalue weighted by Crippen LogP contribution is 2.15. The van der Waals surface area contributed by atoms with Crippen LogP contribution in [0.25, 0.3) is 11.3 Å². The number of hydrogen-bond donors (Lipinski definition) is 2. The van der Waals surface area contributed by atoms with Gasteiger partial charge in [0.25, 0.3) is 0 Å². The lowest BCUT2D eigenvalue weighted by molar-refractivity contribution is 0.447. The van der Waals surface area contributed by atoms with E-state index < -0.39 is 0 Å². The number of aromatic nitrogens is 3. The van der Waals surface area contributed by atoms with Gasteiger partial charge in [0.1, 0.15) is 5.82 Å². The summed E-state index contributed by atoms with van der Waals surface area (Å²) in [6.45, 7) is 5.03. The second-order valence-corrected chi connectivity index (χ2v) is 5.03. The summed E-state index contributed by atoms with van der Waals surface area (Å²) >= 11 is 0. The molecule has 2 aromatic heterocycles. The van der Waals surface area contributed by atoms with Crippen LogP contribution in [0.5, 0.6) is 0 Å². The predicted octanol–water partition coefficient (Wildman–Crippen LogP) is 1.95. The number of nitrogens with one attached hydrogen (secondary N) is 2. The zero-order chi connectivity index (χ0) is 13.7. The summed E-state index contributed by atoms with van der Waals surface area (Å²) in [7, 11) is 1.94. The molecule has 0 radical (unpaired) electrons. The van der Waals surface area contributed by atoms with Gasteiger partial charge < -0.3 is 10.6 Å². The fourth-order valence-electron chi connectivity index (χ4n) is 1.50. The average molecular weight is 257 g/mol. The Balaban J connectivity index is 2.03. The highest BCUT2D eigenvalue weighted by atomic mass is 15.2. The molecule has 0 aliphatic heterocycles. The molecule has 0 aromatic carbocycles. The second-order valence-electron chi connectivity index (χ2n) is 5.03. The van der Waals surface area contributed by atoms with Crippen molar-refractivity contribution in [3.63, 3.8) is 0 Å². The molecule has 0 unspecified atom stereocenters. The molecule has 0 saturated heterocycles. The van der Waals surface area contributed by atoms with Crippen LogP contribution in [0.4, 0.5) is 5.82 Å². The van der Waals surface area contributed by atoms with Crippen molar-refractivity contribution in [3.8, 4) is 11.3 Å². The molecule has 19 heavy (non-hydrogen) atoms. The Kier molecular flexibility index (Phi) is 4.06. The summed E-state index contributed by atoms with van der Waals surface area (Å²) in [5.41, 5.74) is 1.89. The molecule has 0 spiro atoms. The summed E-state index contributed by atoms with van der Waals surface area (Å²) < 4.78 is 0. The van der Waals surface area contributed by atoms with E-state index in [2.05, 4.69) is 39.7 Å². The molecule has 5 heteroatoms. The summed E-state index contributed by atoms with van der Waals surface area (Å²) in [5.74, 6) is 0.779. The lowest BCUT2D eigenvalue weighted by Crippen LogP contribution is -2.42. The Hall–Kier alpha value is -2.01. The number of anilines is 1. The summed E-state index contributed by atoms with van der Waals surface area (Å²) in [5, 5.41) is 14.9. The Morgan fingerprint density at radius 3 is 2.37 bits per heavy atom. The highest BCUT2D eigenvalue weighted by Gasteiger charge is 2.14. The van der Waals surface area contributed by atoms with Gasteiger partial charge in [-0.2, -0.15) is 0 Å². The van der Waals surface area contributed by atoms with Gasteiger partial charge >= 0.3 is 0 Å². The van der Waals surface area contributed by atoms with E-state index in [0.717, 1.165) is 23.6 Å². The van der Waals surface area contributed by atoms with Gasteiger partial charge in [0.2, 0.25) is 0 Å². The van der Waals surface area contributed by atoms with Crippen molar-refractivity contribution in [1.29, 1.82) is 0 Å². The van der Waals surface area contributed by atoms with Gasteiger partial charge in [-0.1, -0.05) is 0 Å². The molecular formula is C14H19N5. The number of rotatable bonds is 5. The van der Waals surface area contributed by atoms with Gasteiger partial charge in [0.05, 0.1) is 5.69 Å². The smallest absolute Gasteiger partial charge is 0.148 e. The van der Waals surface area contributed by atoms with E-state index in [-0.39, 0.29) is 5.54 Å². The second kappa shape index (κ2) is 5.75. The van der Waals surface area contributed by atoms with Gasteiger partial charge in [-0.15, -0.1) is 10.2 Å². The van der Waals surface area contributed by atoms with Crippen LogP contribution in [-0.4, -0.2) is 34.3 Å². The molecule has 0 amide bonds. The predicted molar refractivity (Wildman–Crippen MR) is 76.9 cm³/mol. The molecule has 0 aliphatic rings. The third kappa shape index (κ3) is 3.72. The van der Waals surface area contributed by atoms with E-state index in [9.17, 15) is 0 Å². The molecule has 2 aromatic rings. The van der Waals surface area contributed by atoms with Crippen LogP contribution in [0.3, 0.4) is 0 Å². The molecular weight excluding hydrogens is 238 g/mol. The minimum Gasteiger partial charge on any atom is -0.367 e. The van der Waals surface area contributed by atoms with E-state index in [0.29, 0.717) is 0 Å². The van der Waals surface area contributed by atoms with Gasteiger partial charge in [0, 0.05) is 30.0 Å². The topological polar surface area (TPSA) is 62.7 Å². The molecule has 0 bridgehead atoms. The molecule has 0 atom stereocenters. The maximum Gasteiger partial charge on any atom is 0.148 e. The van der Waals surface area contributed by atoms with Crippen LogP contribution in [-0.2, 0) is 0 Å². The Bertz CT molecular complexity index is 507. The average Bonchev–Trinajstić information content (AvgIpc) is 2.47. The SMILES string of the molecule is CNC(C)(C)CNc1ccc(-c2ccncc2)nn1. The molecule has 2 heterocycles. The van der Waals surface area contributed by atoms with Crippen LogP contribution >= 0.6 is 0 Å². The Morgan fingerprint density at radius 1 is 1.05 bits per heavy atom. The lowest BCUT2D eigenvalue weighted by atomic mass is 10.1. The van der Waals surface area contributed by atoms with Crippen molar-refractivity contribution in [3.05, 3.63) is 36.7 Å². The molecule has 100 valence electrons. The number of likely N-dealkylation sites (N-methyl/N-ethyl adjacent to an activating group) is 1. The van der Waals surface area contributed by atoms with Crippen molar-refractivity contribution in [1.82, 2.24) is 20.5 Å². The van der Waals surface area contributed by atoms with Gasteiger partial charge in [0.15, 0.2) is 0 Å². The largest absolute Gasteiger partial charge is 0.367 e. The normalized spacial score (nSPS) is 11.3. The van der Waals surface area contributed by atoms with Crippen molar-refractivity contribution in [2.75, 3.05) is 18.9 Å². The Morgan fingerprint density at radius 2 is 1.79 bits per heavy atom. The first-order valence-electron chi connectivity index (χ1n) is 6.28. The zero-order valence-electron chi connectivity index (χ0n) is 11.5. The first-order valence-corrected chi connectivity index (χ1v) is 6.28. The molecule has 0 saturated carbocycles. The maximum atomic E-state index is 4.21. The van der Waals surface area contributed by atoms with Crippen molar-refractivity contribution >= 4 is 5.82 Å². The zero-order valence-corrected chi connectivity index (χ0v) is 11.5. The standard InChI is InChI=1S/C14H19N5/c1-14(2,15-3)10-17-13-5-4-12(18-19-13)11-6-8-16-9-7-11/h4-9,15H,10H2,1-3H3,(H,17,19). The van der Waals surface area contributed by atoms with Gasteiger partial charge in [-0.25, -0.2) is 0 Å². The highest BCUT2D eigenvalue weighted by molar-refractivity contribution is 5.58. The van der Waals surface area contributed by atoms with E-state index in [4.69, 9.17) is 0 Å². The van der Waals surface area contributed by atoms with Crippen molar-refractivity contribution in [2.45, 2.75) is 19.4 Å². The van der Waals surface area contributed by atoms with Crippen LogP contribution in [0.1, 0.15) is 13.8 Å². The molecule has 2 rings (SSSR count). The van der Waals surface area contributed by atoms with Crippen LogP contribution in [0.15, 0.2) is 36.7 Å². The third-order valence-corrected chi connectivity index (χ3v) is 3.03. The van der Waals surface area contributed by atoms with Gasteiger partial charge in [-0.3, -0.25) is 4.98 Å². The number of pyridine rings is 1. The minimum absolute atomic E-state index is 0.0193. The first kappa shape index (κ1) is 13.4. The summed E-state index contributed by atoms with van der Waals surface area (Å²) in [4.78, 5) is 3.99. The minimum atomic E-state index is 0.0193. The van der Waals surface area contributed by atoms with Crippen LogP contribution in [0.2, 0.25) is 0 Å². The Labute approximate surface area is 113 Å². The molecule has 0 aliphatic carbocycles. The van der Waals surface area contributed by atoms with Gasteiger partial charge in [-0.05, 0) is 45.2 Å². The molecule has 0 fully saturated rings.